The van der Waals surface area contributed by atoms with Crippen molar-refractivity contribution in [2.24, 2.45) is 0 Å². The molecule has 0 aliphatic rings. The lowest BCUT2D eigenvalue weighted by molar-refractivity contribution is -0.808. The molecule has 7 nitrogen and oxygen atoms in total. The number of hydroxylamine groups is 3. The Bertz CT molecular complexity index is 822. The summed E-state index contributed by atoms with van der Waals surface area (Å²) >= 11 is 0. The predicted molar refractivity (Wildman–Crippen MR) is 118 cm³/mol. The fourth-order valence-corrected chi connectivity index (χ4v) is 2.81. The maximum Gasteiger partial charge on any atom is 0.508 e. The molecule has 0 saturated carbocycles. The molecule has 0 spiro atoms. The second-order valence-electron chi connectivity index (χ2n) is 7.34. The number of amides is 1. The highest BCUT2D eigenvalue weighted by Gasteiger charge is 2.08. The third-order valence-corrected chi connectivity index (χ3v) is 4.51. The first kappa shape index (κ1) is 24.1. The van der Waals surface area contributed by atoms with Crippen LogP contribution in [0.25, 0.3) is 0 Å². The summed E-state index contributed by atoms with van der Waals surface area (Å²) in [4.78, 5) is 23.5. The lowest BCUT2D eigenvalue weighted by Crippen LogP contribution is -2.32. The summed E-state index contributed by atoms with van der Waals surface area (Å²) in [6.07, 6.45) is 3.78. The van der Waals surface area contributed by atoms with Gasteiger partial charge in [0.2, 0.25) is 5.91 Å². The number of ether oxygens (including phenoxy) is 2. The van der Waals surface area contributed by atoms with Gasteiger partial charge in [-0.15, -0.1) is 0 Å². The Morgan fingerprint density at radius 2 is 1.61 bits per heavy atom. The smallest absolute Gasteiger partial charge is 0.508 e. The molecule has 0 saturated heterocycles. The fraction of sp³-hybridized carbons (Fsp3) is 0.333. The van der Waals surface area contributed by atoms with Crippen molar-refractivity contribution in [3.8, 4) is 0 Å². The minimum Gasteiger partial charge on any atom is -0.628 e. The van der Waals surface area contributed by atoms with Crippen molar-refractivity contribution in [1.82, 2.24) is 5.32 Å². The molecule has 0 radical (unpaired) electrons. The molecule has 0 aliphatic heterocycles. The van der Waals surface area contributed by atoms with E-state index in [0.717, 1.165) is 11.1 Å². The molecule has 1 atom stereocenters. The van der Waals surface area contributed by atoms with Gasteiger partial charge in [0.15, 0.2) is 0 Å². The molecule has 1 N–H and O–H groups in total. The van der Waals surface area contributed by atoms with Crippen molar-refractivity contribution < 1.29 is 23.7 Å². The van der Waals surface area contributed by atoms with Crippen LogP contribution in [0.3, 0.4) is 0 Å². The van der Waals surface area contributed by atoms with Crippen LogP contribution < -0.4 is 5.32 Å². The van der Waals surface area contributed by atoms with E-state index < -0.39 is 10.8 Å². The van der Waals surface area contributed by atoms with E-state index in [0.29, 0.717) is 32.4 Å². The Labute approximate surface area is 183 Å². The zero-order valence-corrected chi connectivity index (χ0v) is 17.9. The summed E-state index contributed by atoms with van der Waals surface area (Å²) in [5.41, 5.74) is 1.92. The number of hydrogen-bond donors (Lipinski definition) is 1. The average Bonchev–Trinajstić information content (AvgIpc) is 2.78. The first-order valence-corrected chi connectivity index (χ1v) is 10.3. The molecule has 166 valence electrons. The van der Waals surface area contributed by atoms with Crippen molar-refractivity contribution in [3.05, 3.63) is 89.3 Å². The lowest BCUT2D eigenvalue weighted by atomic mass is 10.2. The normalized spacial score (nSPS) is 12.8. The van der Waals surface area contributed by atoms with Crippen LogP contribution in [0.5, 0.6) is 0 Å². The number of quaternary nitrogens is 1. The van der Waals surface area contributed by atoms with E-state index in [1.165, 1.54) is 19.3 Å². The summed E-state index contributed by atoms with van der Waals surface area (Å²) in [6.45, 7) is 0.940. The molecule has 0 bridgehead atoms. The van der Waals surface area contributed by atoms with Crippen LogP contribution in [-0.2, 0) is 27.4 Å². The molecule has 31 heavy (non-hydrogen) atoms. The topological polar surface area (TPSA) is 87.7 Å². The summed E-state index contributed by atoms with van der Waals surface area (Å²) in [5, 5.41) is 15.3. The van der Waals surface area contributed by atoms with Crippen LogP contribution in [0.1, 0.15) is 30.4 Å². The van der Waals surface area contributed by atoms with Gasteiger partial charge in [0.25, 0.3) is 0 Å². The van der Waals surface area contributed by atoms with Gasteiger partial charge in [-0.05, 0) is 24.0 Å². The zero-order chi connectivity index (χ0) is 22.4. The van der Waals surface area contributed by atoms with Crippen LogP contribution in [-0.4, -0.2) is 36.9 Å². The highest BCUT2D eigenvalue weighted by molar-refractivity contribution is 5.75. The van der Waals surface area contributed by atoms with Gasteiger partial charge in [0.1, 0.15) is 13.2 Å². The van der Waals surface area contributed by atoms with E-state index in [1.54, 1.807) is 0 Å². The highest BCUT2D eigenvalue weighted by atomic mass is 16.7. The van der Waals surface area contributed by atoms with E-state index in [9.17, 15) is 14.8 Å². The number of nitrogens with one attached hydrogen (secondary N) is 1. The number of hydrogen-bond acceptors (Lipinski definition) is 5. The number of benzene rings is 2. The SMILES string of the molecule is C[N+]([O-])(/C=C/COC(=O)OCc1ccccc1)CCCCC(=O)NCc1ccccc1. The molecule has 7 heteroatoms. The van der Waals surface area contributed by atoms with Crippen LogP contribution in [0.2, 0.25) is 0 Å². The Hall–Kier alpha value is -3.16. The first-order valence-electron chi connectivity index (χ1n) is 10.3. The molecule has 2 aromatic carbocycles. The van der Waals surface area contributed by atoms with Gasteiger partial charge in [0.05, 0.1) is 19.8 Å². The summed E-state index contributed by atoms with van der Waals surface area (Å²) < 4.78 is 9.32. The van der Waals surface area contributed by atoms with Crippen LogP contribution in [0.15, 0.2) is 72.9 Å². The Kier molecular flexibility index (Phi) is 10.3. The van der Waals surface area contributed by atoms with E-state index in [4.69, 9.17) is 9.47 Å². The van der Waals surface area contributed by atoms with Gasteiger partial charge < -0.3 is 24.6 Å². The van der Waals surface area contributed by atoms with Gasteiger partial charge in [-0.1, -0.05) is 60.7 Å². The van der Waals surface area contributed by atoms with Crippen molar-refractivity contribution in [2.75, 3.05) is 20.2 Å². The molecule has 0 fully saturated rings. The second-order valence-corrected chi connectivity index (χ2v) is 7.34. The van der Waals surface area contributed by atoms with Gasteiger partial charge in [0, 0.05) is 19.0 Å². The van der Waals surface area contributed by atoms with Crippen molar-refractivity contribution in [1.29, 1.82) is 0 Å². The number of carbonyl (C=O) groups is 2. The van der Waals surface area contributed by atoms with Crippen LogP contribution >= 0.6 is 0 Å². The van der Waals surface area contributed by atoms with Gasteiger partial charge in [-0.25, -0.2) is 4.79 Å². The van der Waals surface area contributed by atoms with Crippen molar-refractivity contribution >= 4 is 12.1 Å². The first-order chi connectivity index (χ1) is 14.9. The predicted octanol–water partition coefficient (Wildman–Crippen LogP) is 4.28. The monoisotopic (exact) mass is 426 g/mol. The zero-order valence-electron chi connectivity index (χ0n) is 17.9. The number of carbonyl (C=O) groups excluding carboxylic acids is 2. The van der Waals surface area contributed by atoms with E-state index in [1.807, 2.05) is 60.7 Å². The number of nitrogens with zero attached hydrogens (tertiary/aromatic N) is 1. The average molecular weight is 427 g/mol. The Morgan fingerprint density at radius 1 is 0.968 bits per heavy atom. The molecule has 0 aromatic heterocycles. The standard InChI is InChI=1S/C24H30N2O5/c1-26(29,16-9-8-15-23(27)25-19-21-11-4-2-5-12-21)17-10-18-30-24(28)31-20-22-13-6-3-7-14-22/h2-7,10-14,17H,8-9,15-16,18-20H2,1H3,(H,25,27)/b17-10+. The van der Waals surface area contributed by atoms with Crippen LogP contribution in [0, 0.1) is 5.21 Å². The number of unbranched alkanes of at least 4 members (excludes halogenated alkanes) is 1. The summed E-state index contributed by atoms with van der Waals surface area (Å²) in [5.74, 6) is -0.0260. The number of rotatable bonds is 12. The molecule has 2 aromatic rings. The van der Waals surface area contributed by atoms with Gasteiger partial charge >= 0.3 is 6.16 Å². The third kappa shape index (κ3) is 11.0. The molecule has 2 rings (SSSR count). The minimum atomic E-state index is -0.782. The molecular weight excluding hydrogens is 396 g/mol. The Morgan fingerprint density at radius 3 is 2.29 bits per heavy atom. The van der Waals surface area contributed by atoms with E-state index in [2.05, 4.69) is 5.32 Å². The van der Waals surface area contributed by atoms with Crippen molar-refractivity contribution in [3.63, 3.8) is 0 Å². The highest BCUT2D eigenvalue weighted by Crippen LogP contribution is 2.07. The molecule has 1 amide bonds. The summed E-state index contributed by atoms with van der Waals surface area (Å²) in [6, 6.07) is 19.0. The lowest BCUT2D eigenvalue weighted by Gasteiger charge is -2.34. The Balaban J connectivity index is 1.54. The molecule has 0 heterocycles. The largest absolute Gasteiger partial charge is 0.628 e. The molecule has 0 aliphatic carbocycles. The van der Waals surface area contributed by atoms with E-state index >= 15 is 0 Å². The van der Waals surface area contributed by atoms with Crippen LogP contribution in [0.4, 0.5) is 4.79 Å². The van der Waals surface area contributed by atoms with Gasteiger partial charge in [-0.3, -0.25) is 4.79 Å². The quantitative estimate of drug-likeness (QED) is 0.237. The van der Waals surface area contributed by atoms with Gasteiger partial charge in [-0.2, -0.15) is 0 Å². The summed E-state index contributed by atoms with van der Waals surface area (Å²) in [7, 11) is 1.51. The van der Waals surface area contributed by atoms with E-state index in [-0.39, 0.29) is 19.1 Å². The molecular formula is C24H30N2O5. The minimum absolute atomic E-state index is 0.0260. The second kappa shape index (κ2) is 13.2. The maximum absolute atomic E-state index is 12.4. The molecule has 1 unspecified atom stereocenters. The fourth-order valence-electron chi connectivity index (χ4n) is 2.81. The van der Waals surface area contributed by atoms with Crippen molar-refractivity contribution in [2.45, 2.75) is 32.4 Å². The third-order valence-electron chi connectivity index (χ3n) is 4.51. The maximum atomic E-state index is 12.4.